The summed E-state index contributed by atoms with van der Waals surface area (Å²) in [6.07, 6.45) is 0. The van der Waals surface area contributed by atoms with Gasteiger partial charge in [0, 0.05) is 0 Å². The van der Waals surface area contributed by atoms with Crippen molar-refractivity contribution in [1.82, 2.24) is 0 Å². The molecule has 1 heterocycles. The van der Waals surface area contributed by atoms with E-state index in [1.165, 1.54) is 0 Å². The molecule has 7 rings (SSSR count). The van der Waals surface area contributed by atoms with Gasteiger partial charge in [0.25, 0.3) is 0 Å². The molecule has 6 aromatic carbocycles. The lowest BCUT2D eigenvalue weighted by molar-refractivity contribution is 0.192. The lowest BCUT2D eigenvalue weighted by atomic mass is 9.62. The predicted molar refractivity (Wildman–Crippen MR) is 158 cm³/mol. The summed E-state index contributed by atoms with van der Waals surface area (Å²) >= 11 is 0. The van der Waals surface area contributed by atoms with Gasteiger partial charge in [-0.05, 0) is 68.8 Å². The van der Waals surface area contributed by atoms with Crippen LogP contribution in [0.4, 0.5) is 11.4 Å². The number of hydrogen-bond donors (Lipinski definition) is 0. The van der Waals surface area contributed by atoms with Crippen molar-refractivity contribution in [3.63, 3.8) is 0 Å². The molecule has 0 saturated carbocycles. The Kier molecular flexibility index (Phi) is 5.61. The molecule has 1 radical (unpaired) electrons. The highest BCUT2D eigenvalue weighted by Crippen LogP contribution is 2.56. The summed E-state index contributed by atoms with van der Waals surface area (Å²) in [6, 6.07) is 54.5. The SMILES string of the molecule is [O]N1c2ccc(-c3ccccc3)cc2C(c2ccccc2)(c2ccccc2)c2cc(-c3ccccc3)ccc21. The number of rotatable bonds is 4. The van der Waals surface area contributed by atoms with Gasteiger partial charge in [-0.15, -0.1) is 0 Å². The van der Waals surface area contributed by atoms with Crippen molar-refractivity contribution in [3.05, 3.63) is 180 Å². The summed E-state index contributed by atoms with van der Waals surface area (Å²) in [5.41, 5.74) is 9.28. The minimum atomic E-state index is -0.691. The number of benzene rings is 6. The second-order valence-corrected chi connectivity index (χ2v) is 9.97. The Morgan fingerprint density at radius 2 is 0.744 bits per heavy atom. The van der Waals surface area contributed by atoms with E-state index in [0.29, 0.717) is 11.4 Å². The molecule has 0 fully saturated rings. The quantitative estimate of drug-likeness (QED) is 0.237. The van der Waals surface area contributed by atoms with Crippen LogP contribution in [0.15, 0.2) is 158 Å². The van der Waals surface area contributed by atoms with Crippen LogP contribution in [0, 0.1) is 0 Å². The van der Waals surface area contributed by atoms with Crippen LogP contribution in [0.25, 0.3) is 22.3 Å². The lowest BCUT2D eigenvalue weighted by Gasteiger charge is -2.44. The van der Waals surface area contributed by atoms with Gasteiger partial charge in [-0.25, -0.2) is 0 Å². The molecule has 0 spiro atoms. The first-order chi connectivity index (χ1) is 19.3. The zero-order valence-electron chi connectivity index (χ0n) is 21.4. The van der Waals surface area contributed by atoms with Crippen molar-refractivity contribution in [3.8, 4) is 22.3 Å². The summed E-state index contributed by atoms with van der Waals surface area (Å²) in [5.74, 6) is 0. The van der Waals surface area contributed by atoms with Crippen molar-refractivity contribution in [2.75, 3.05) is 5.06 Å². The number of anilines is 2. The van der Waals surface area contributed by atoms with Crippen LogP contribution < -0.4 is 5.06 Å². The molecular weight excluding hydrogens is 474 g/mol. The van der Waals surface area contributed by atoms with Gasteiger partial charge < -0.3 is 0 Å². The third kappa shape index (κ3) is 3.69. The summed E-state index contributed by atoms with van der Waals surface area (Å²) in [6.45, 7) is 0. The van der Waals surface area contributed by atoms with E-state index in [0.717, 1.165) is 49.6 Å². The van der Waals surface area contributed by atoms with E-state index >= 15 is 0 Å². The molecule has 185 valence electrons. The number of hydrogen-bond acceptors (Lipinski definition) is 1. The lowest BCUT2D eigenvalue weighted by Crippen LogP contribution is -2.37. The molecule has 1 aliphatic heterocycles. The van der Waals surface area contributed by atoms with E-state index in [-0.39, 0.29) is 0 Å². The molecule has 2 heteroatoms. The largest absolute Gasteiger partial charge is 0.188 e. The van der Waals surface area contributed by atoms with Gasteiger partial charge in [0.05, 0.1) is 16.8 Å². The van der Waals surface area contributed by atoms with Gasteiger partial charge in [-0.3, -0.25) is 0 Å². The van der Waals surface area contributed by atoms with Crippen molar-refractivity contribution >= 4 is 11.4 Å². The highest BCUT2D eigenvalue weighted by Gasteiger charge is 2.46. The van der Waals surface area contributed by atoms with E-state index in [1.54, 1.807) is 0 Å². The summed E-state index contributed by atoms with van der Waals surface area (Å²) in [7, 11) is 0. The maximum Gasteiger partial charge on any atom is 0.0775 e. The molecule has 0 amide bonds. The van der Waals surface area contributed by atoms with Gasteiger partial charge >= 0.3 is 0 Å². The minimum absolute atomic E-state index is 0.669. The van der Waals surface area contributed by atoms with E-state index in [4.69, 9.17) is 0 Å². The normalized spacial score (nSPS) is 13.4. The van der Waals surface area contributed by atoms with Gasteiger partial charge in [0.2, 0.25) is 0 Å². The van der Waals surface area contributed by atoms with Gasteiger partial charge in [0.15, 0.2) is 0 Å². The summed E-state index contributed by atoms with van der Waals surface area (Å²) in [4.78, 5) is 0. The van der Waals surface area contributed by atoms with Crippen LogP contribution in [0.1, 0.15) is 22.3 Å². The fourth-order valence-corrected chi connectivity index (χ4v) is 6.09. The Bertz CT molecular complexity index is 1610. The Morgan fingerprint density at radius 3 is 1.13 bits per heavy atom. The maximum absolute atomic E-state index is 14.1. The molecule has 0 unspecified atom stereocenters. The standard InChI is InChI=1S/C37H26NO/c39-38-35-23-21-29(27-13-5-1-6-14-27)25-33(35)37(31-17-9-3-10-18-31,32-19-11-4-12-20-32)34-26-30(22-24-36(34)38)28-15-7-2-8-16-28/h1-26H. The fourth-order valence-electron chi connectivity index (χ4n) is 6.09. The Labute approximate surface area is 229 Å². The second kappa shape index (κ2) is 9.43. The van der Waals surface area contributed by atoms with Crippen LogP contribution in [0.3, 0.4) is 0 Å². The predicted octanol–water partition coefficient (Wildman–Crippen LogP) is 9.20. The summed E-state index contributed by atoms with van der Waals surface area (Å²) < 4.78 is 0. The van der Waals surface area contributed by atoms with E-state index in [9.17, 15) is 5.21 Å². The van der Waals surface area contributed by atoms with Gasteiger partial charge in [-0.1, -0.05) is 139 Å². The van der Waals surface area contributed by atoms with Crippen molar-refractivity contribution < 1.29 is 5.21 Å². The third-order valence-corrected chi connectivity index (χ3v) is 7.87. The molecule has 0 atom stereocenters. The molecule has 2 nitrogen and oxygen atoms in total. The Hall–Kier alpha value is -4.92. The molecule has 39 heavy (non-hydrogen) atoms. The van der Waals surface area contributed by atoms with E-state index in [2.05, 4.69) is 121 Å². The first-order valence-corrected chi connectivity index (χ1v) is 13.2. The topological polar surface area (TPSA) is 23.1 Å². The minimum Gasteiger partial charge on any atom is -0.188 e. The molecular formula is C37H26NO. The molecule has 0 saturated heterocycles. The highest BCUT2D eigenvalue weighted by molar-refractivity contribution is 5.86. The van der Waals surface area contributed by atoms with Crippen LogP contribution in [0.2, 0.25) is 0 Å². The first kappa shape index (κ1) is 23.2. The Morgan fingerprint density at radius 1 is 0.385 bits per heavy atom. The molecule has 0 aromatic heterocycles. The zero-order chi connectivity index (χ0) is 26.2. The number of nitrogens with zero attached hydrogens (tertiary/aromatic N) is 1. The molecule has 0 bridgehead atoms. The number of fused-ring (bicyclic) bond motifs is 2. The fraction of sp³-hybridized carbons (Fsp3) is 0.0270. The van der Waals surface area contributed by atoms with E-state index in [1.807, 2.05) is 36.4 Å². The second-order valence-electron chi connectivity index (χ2n) is 9.97. The van der Waals surface area contributed by atoms with Crippen LogP contribution in [-0.4, -0.2) is 0 Å². The molecule has 1 aliphatic rings. The van der Waals surface area contributed by atoms with Crippen molar-refractivity contribution in [1.29, 1.82) is 0 Å². The van der Waals surface area contributed by atoms with Crippen molar-refractivity contribution in [2.24, 2.45) is 0 Å². The van der Waals surface area contributed by atoms with Crippen LogP contribution in [0.5, 0.6) is 0 Å². The van der Waals surface area contributed by atoms with Gasteiger partial charge in [-0.2, -0.15) is 5.06 Å². The molecule has 0 N–H and O–H groups in total. The highest BCUT2D eigenvalue weighted by atomic mass is 16.5. The summed E-state index contributed by atoms with van der Waals surface area (Å²) in [5, 5.41) is 15.2. The van der Waals surface area contributed by atoms with Crippen LogP contribution in [-0.2, 0) is 10.6 Å². The molecule has 0 aliphatic carbocycles. The monoisotopic (exact) mass is 500 g/mol. The van der Waals surface area contributed by atoms with Crippen LogP contribution >= 0.6 is 0 Å². The zero-order valence-corrected chi connectivity index (χ0v) is 21.4. The third-order valence-electron chi connectivity index (χ3n) is 7.87. The van der Waals surface area contributed by atoms with E-state index < -0.39 is 5.41 Å². The maximum atomic E-state index is 14.1. The average Bonchev–Trinajstić information content (AvgIpc) is 3.03. The smallest absolute Gasteiger partial charge is 0.0775 e. The van der Waals surface area contributed by atoms with Gasteiger partial charge in [0.1, 0.15) is 0 Å². The van der Waals surface area contributed by atoms with Crippen molar-refractivity contribution in [2.45, 2.75) is 5.41 Å². The Balaban J connectivity index is 1.62. The average molecular weight is 501 g/mol. The first-order valence-electron chi connectivity index (χ1n) is 13.2. The molecule has 6 aromatic rings.